The van der Waals surface area contributed by atoms with E-state index in [1.54, 1.807) is 0 Å². The van der Waals surface area contributed by atoms with Crippen molar-refractivity contribution in [2.75, 3.05) is 0 Å². The number of nitrogens with one attached hydrogen (secondary N) is 1. The fraction of sp³-hybridized carbons (Fsp3) is 0.167. The molecule has 0 aliphatic rings. The van der Waals surface area contributed by atoms with Gasteiger partial charge in [-0.05, 0) is 47.6 Å². The molecule has 3 nitrogen and oxygen atoms in total. The first-order chi connectivity index (χ1) is 10.2. The van der Waals surface area contributed by atoms with Crippen LogP contribution in [0.5, 0.6) is 0 Å². The van der Waals surface area contributed by atoms with Crippen LogP contribution in [0.3, 0.4) is 0 Å². The summed E-state index contributed by atoms with van der Waals surface area (Å²) in [6, 6.07) is 14.6. The van der Waals surface area contributed by atoms with E-state index in [0.717, 1.165) is 5.39 Å². The van der Waals surface area contributed by atoms with E-state index in [1.807, 2.05) is 18.5 Å². The summed E-state index contributed by atoms with van der Waals surface area (Å²) in [6.45, 7) is 4.27. The Morgan fingerprint density at radius 1 is 1.00 bits per heavy atom. The van der Waals surface area contributed by atoms with Gasteiger partial charge in [-0.1, -0.05) is 36.4 Å². The van der Waals surface area contributed by atoms with Crippen molar-refractivity contribution >= 4 is 10.8 Å². The van der Waals surface area contributed by atoms with Gasteiger partial charge < -0.3 is 0 Å². The van der Waals surface area contributed by atoms with Gasteiger partial charge in [0, 0.05) is 17.8 Å². The van der Waals surface area contributed by atoms with Crippen molar-refractivity contribution in [1.29, 1.82) is 0 Å². The van der Waals surface area contributed by atoms with E-state index in [-0.39, 0.29) is 6.04 Å². The number of fused-ring (bicyclic) bond motifs is 1. The number of hydrazine groups is 1. The van der Waals surface area contributed by atoms with Crippen molar-refractivity contribution in [2.45, 2.75) is 19.9 Å². The number of hydrogen-bond acceptors (Lipinski definition) is 3. The maximum atomic E-state index is 5.88. The highest BCUT2D eigenvalue weighted by molar-refractivity contribution is 5.85. The van der Waals surface area contributed by atoms with Gasteiger partial charge in [0.25, 0.3) is 0 Å². The zero-order chi connectivity index (χ0) is 14.8. The lowest BCUT2D eigenvalue weighted by atomic mass is 9.91. The van der Waals surface area contributed by atoms with Crippen LogP contribution in [-0.4, -0.2) is 4.98 Å². The number of aryl methyl sites for hydroxylation is 1. The number of rotatable bonds is 3. The highest BCUT2D eigenvalue weighted by Crippen LogP contribution is 2.30. The first-order valence-electron chi connectivity index (χ1n) is 7.07. The molecule has 1 atom stereocenters. The van der Waals surface area contributed by atoms with Crippen LogP contribution in [-0.2, 0) is 0 Å². The molecule has 0 saturated carbocycles. The molecule has 0 amide bonds. The Labute approximate surface area is 124 Å². The van der Waals surface area contributed by atoms with Crippen molar-refractivity contribution in [3.63, 3.8) is 0 Å². The fourth-order valence-corrected chi connectivity index (χ4v) is 2.83. The minimum Gasteiger partial charge on any atom is -0.271 e. The van der Waals surface area contributed by atoms with E-state index < -0.39 is 0 Å². The first-order valence-corrected chi connectivity index (χ1v) is 7.07. The van der Waals surface area contributed by atoms with Crippen LogP contribution in [0.2, 0.25) is 0 Å². The summed E-state index contributed by atoms with van der Waals surface area (Å²) in [5, 5.41) is 2.30. The third-order valence-electron chi connectivity index (χ3n) is 4.15. The van der Waals surface area contributed by atoms with Crippen LogP contribution in [0.4, 0.5) is 0 Å². The van der Waals surface area contributed by atoms with Gasteiger partial charge in [0.2, 0.25) is 0 Å². The summed E-state index contributed by atoms with van der Waals surface area (Å²) in [7, 11) is 0. The summed E-state index contributed by atoms with van der Waals surface area (Å²) < 4.78 is 0. The van der Waals surface area contributed by atoms with Crippen LogP contribution in [0.1, 0.15) is 28.3 Å². The average molecular weight is 277 g/mol. The van der Waals surface area contributed by atoms with Gasteiger partial charge >= 0.3 is 0 Å². The second-order valence-corrected chi connectivity index (χ2v) is 5.33. The Hall–Kier alpha value is -2.23. The van der Waals surface area contributed by atoms with Crippen molar-refractivity contribution < 1.29 is 0 Å². The first kappa shape index (κ1) is 13.7. The SMILES string of the molecule is Cc1cccc(C(NN)c2cccc3cnccc23)c1C. The Bertz CT molecular complexity index is 775. The molecule has 1 unspecified atom stereocenters. The molecule has 21 heavy (non-hydrogen) atoms. The van der Waals surface area contributed by atoms with Gasteiger partial charge in [0.1, 0.15) is 0 Å². The van der Waals surface area contributed by atoms with Crippen LogP contribution in [0.25, 0.3) is 10.8 Å². The molecule has 0 bridgehead atoms. The maximum absolute atomic E-state index is 5.88. The van der Waals surface area contributed by atoms with Crippen LogP contribution >= 0.6 is 0 Å². The van der Waals surface area contributed by atoms with Gasteiger partial charge in [-0.15, -0.1) is 0 Å². The lowest BCUT2D eigenvalue weighted by molar-refractivity contribution is 0.637. The molecular formula is C18H19N3. The van der Waals surface area contributed by atoms with Gasteiger partial charge in [0.05, 0.1) is 6.04 Å². The summed E-state index contributed by atoms with van der Waals surface area (Å²) in [4.78, 5) is 4.19. The zero-order valence-corrected chi connectivity index (χ0v) is 12.3. The van der Waals surface area contributed by atoms with E-state index >= 15 is 0 Å². The molecule has 0 radical (unpaired) electrons. The predicted octanol–water partition coefficient (Wildman–Crippen LogP) is 3.40. The monoisotopic (exact) mass is 277 g/mol. The largest absolute Gasteiger partial charge is 0.271 e. The minimum atomic E-state index is -0.0315. The Morgan fingerprint density at radius 2 is 1.76 bits per heavy atom. The maximum Gasteiger partial charge on any atom is 0.0718 e. The summed E-state index contributed by atoms with van der Waals surface area (Å²) in [6.07, 6.45) is 3.71. The highest BCUT2D eigenvalue weighted by atomic mass is 15.2. The molecule has 3 rings (SSSR count). The Balaban J connectivity index is 2.21. The number of hydrogen-bond donors (Lipinski definition) is 2. The standard InChI is InChI=1S/C18H19N3/c1-12-5-3-7-15(13(12)2)18(21-19)17-8-4-6-14-11-20-10-9-16(14)17/h3-11,18,21H,19H2,1-2H3. The van der Waals surface area contributed by atoms with Crippen LogP contribution < -0.4 is 11.3 Å². The van der Waals surface area contributed by atoms with E-state index in [4.69, 9.17) is 5.84 Å². The summed E-state index contributed by atoms with van der Waals surface area (Å²) >= 11 is 0. The molecule has 1 aromatic heterocycles. The third-order valence-corrected chi connectivity index (χ3v) is 4.15. The van der Waals surface area contributed by atoms with E-state index in [9.17, 15) is 0 Å². The predicted molar refractivity (Wildman–Crippen MR) is 86.8 cm³/mol. The molecular weight excluding hydrogens is 258 g/mol. The van der Waals surface area contributed by atoms with Crippen molar-refractivity contribution in [1.82, 2.24) is 10.4 Å². The van der Waals surface area contributed by atoms with Crippen molar-refractivity contribution in [2.24, 2.45) is 5.84 Å². The number of benzene rings is 2. The fourth-order valence-electron chi connectivity index (χ4n) is 2.83. The van der Waals surface area contributed by atoms with Crippen LogP contribution in [0, 0.1) is 13.8 Å². The molecule has 1 heterocycles. The number of nitrogens with two attached hydrogens (primary N) is 1. The molecule has 0 spiro atoms. The molecule has 3 heteroatoms. The quantitative estimate of drug-likeness (QED) is 0.570. The molecule has 3 aromatic rings. The molecule has 2 aromatic carbocycles. The summed E-state index contributed by atoms with van der Waals surface area (Å²) in [5.41, 5.74) is 7.90. The van der Waals surface area contributed by atoms with Crippen LogP contribution in [0.15, 0.2) is 54.9 Å². The summed E-state index contributed by atoms with van der Waals surface area (Å²) in [5.74, 6) is 5.88. The second-order valence-electron chi connectivity index (χ2n) is 5.33. The lowest BCUT2D eigenvalue weighted by Crippen LogP contribution is -2.29. The Morgan fingerprint density at radius 3 is 2.57 bits per heavy atom. The number of aromatic nitrogens is 1. The lowest BCUT2D eigenvalue weighted by Gasteiger charge is -2.21. The highest BCUT2D eigenvalue weighted by Gasteiger charge is 2.17. The number of pyridine rings is 1. The average Bonchev–Trinajstić information content (AvgIpc) is 2.52. The van der Waals surface area contributed by atoms with Gasteiger partial charge in [0.15, 0.2) is 0 Å². The number of nitrogens with zero attached hydrogens (tertiary/aromatic N) is 1. The van der Waals surface area contributed by atoms with Crippen molar-refractivity contribution in [3.05, 3.63) is 77.1 Å². The van der Waals surface area contributed by atoms with Crippen molar-refractivity contribution in [3.8, 4) is 0 Å². The topological polar surface area (TPSA) is 50.9 Å². The van der Waals surface area contributed by atoms with E-state index in [1.165, 1.54) is 27.6 Å². The molecule has 0 aliphatic heterocycles. The second kappa shape index (κ2) is 5.64. The molecule has 0 fully saturated rings. The van der Waals surface area contributed by atoms with E-state index in [2.05, 4.69) is 60.7 Å². The van der Waals surface area contributed by atoms with Gasteiger partial charge in [-0.3, -0.25) is 10.8 Å². The zero-order valence-electron chi connectivity index (χ0n) is 12.3. The molecule has 3 N–H and O–H groups in total. The molecule has 0 saturated heterocycles. The molecule has 0 aliphatic carbocycles. The minimum absolute atomic E-state index is 0.0315. The normalized spacial score (nSPS) is 12.5. The Kier molecular flexibility index (Phi) is 3.69. The van der Waals surface area contributed by atoms with Gasteiger partial charge in [-0.25, -0.2) is 5.43 Å². The van der Waals surface area contributed by atoms with Gasteiger partial charge in [-0.2, -0.15) is 0 Å². The van der Waals surface area contributed by atoms with E-state index in [0.29, 0.717) is 0 Å². The smallest absolute Gasteiger partial charge is 0.0718 e. The molecule has 106 valence electrons. The third kappa shape index (κ3) is 2.42.